The summed E-state index contributed by atoms with van der Waals surface area (Å²) >= 11 is 0. The Hall–Kier alpha value is -0.320. The van der Waals surface area contributed by atoms with Crippen molar-refractivity contribution >= 4 is 18.3 Å². The number of nitrogens with two attached hydrogens (primary N) is 1. The highest BCUT2D eigenvalue weighted by atomic mass is 35.5. The maximum absolute atomic E-state index is 12.1. The van der Waals surface area contributed by atoms with E-state index in [9.17, 15) is 4.79 Å². The Morgan fingerprint density at radius 1 is 1.50 bits per heavy atom. The van der Waals surface area contributed by atoms with E-state index in [1.165, 1.54) is 0 Å². The summed E-state index contributed by atoms with van der Waals surface area (Å²) in [5.41, 5.74) is 5.84. The lowest BCUT2D eigenvalue weighted by Crippen LogP contribution is -2.41. The Kier molecular flexibility index (Phi) is 5.89. The van der Waals surface area contributed by atoms with Crippen LogP contribution in [0.3, 0.4) is 0 Å². The average Bonchev–Trinajstić information content (AvgIpc) is 2.95. The maximum Gasteiger partial charge on any atom is 0.223 e. The number of carbonyl (C=O) groups is 1. The number of hydrogen-bond donors (Lipinski definition) is 2. The Morgan fingerprint density at radius 2 is 2.28 bits per heavy atom. The summed E-state index contributed by atoms with van der Waals surface area (Å²) in [5, 5.41) is 3.10. The molecule has 3 atom stereocenters. The van der Waals surface area contributed by atoms with Gasteiger partial charge >= 0.3 is 0 Å². The first kappa shape index (κ1) is 15.7. The van der Waals surface area contributed by atoms with Crippen molar-refractivity contribution in [3.05, 3.63) is 0 Å². The molecule has 1 heterocycles. The van der Waals surface area contributed by atoms with Crippen molar-refractivity contribution in [3.63, 3.8) is 0 Å². The van der Waals surface area contributed by atoms with Gasteiger partial charge in [-0.05, 0) is 31.7 Å². The van der Waals surface area contributed by atoms with Gasteiger partial charge in [-0.15, -0.1) is 12.4 Å². The smallest absolute Gasteiger partial charge is 0.223 e. The Balaban J connectivity index is 0.00000162. The molecule has 1 aliphatic carbocycles. The van der Waals surface area contributed by atoms with Crippen LogP contribution in [0.4, 0.5) is 0 Å². The first-order valence-corrected chi connectivity index (χ1v) is 6.70. The highest BCUT2D eigenvalue weighted by Gasteiger charge is 2.34. The van der Waals surface area contributed by atoms with Crippen molar-refractivity contribution in [2.45, 2.75) is 32.6 Å². The topological polar surface area (TPSA) is 64.4 Å². The molecule has 3 N–H and O–H groups in total. The van der Waals surface area contributed by atoms with Gasteiger partial charge in [-0.1, -0.05) is 13.3 Å². The SMILES string of the molecule is CC1(CNC(=O)[C@@H]2CCC[C@@H]2CN)CCOC1.Cl. The third-order valence-electron chi connectivity index (χ3n) is 4.29. The van der Waals surface area contributed by atoms with E-state index in [-0.39, 0.29) is 29.6 Å². The molecule has 0 bridgehead atoms. The van der Waals surface area contributed by atoms with E-state index in [4.69, 9.17) is 10.5 Å². The fraction of sp³-hybridized carbons (Fsp3) is 0.923. The number of carbonyl (C=O) groups excluding carboxylic acids is 1. The lowest BCUT2D eigenvalue weighted by atomic mass is 9.89. The molecular formula is C13H25ClN2O2. The molecular weight excluding hydrogens is 252 g/mol. The van der Waals surface area contributed by atoms with Gasteiger partial charge in [0.15, 0.2) is 0 Å². The molecule has 2 rings (SSSR count). The molecule has 106 valence electrons. The molecule has 2 aliphatic rings. The number of hydrogen-bond acceptors (Lipinski definition) is 3. The largest absolute Gasteiger partial charge is 0.381 e. The third kappa shape index (κ3) is 3.59. The van der Waals surface area contributed by atoms with E-state index in [2.05, 4.69) is 12.2 Å². The minimum Gasteiger partial charge on any atom is -0.381 e. The molecule has 0 aromatic carbocycles. The van der Waals surface area contributed by atoms with Gasteiger partial charge in [0, 0.05) is 24.5 Å². The molecule has 18 heavy (non-hydrogen) atoms. The second-order valence-electron chi connectivity index (χ2n) is 5.86. The van der Waals surface area contributed by atoms with Gasteiger partial charge in [-0.25, -0.2) is 0 Å². The molecule has 1 amide bonds. The molecule has 1 unspecified atom stereocenters. The summed E-state index contributed by atoms with van der Waals surface area (Å²) < 4.78 is 5.39. The third-order valence-corrected chi connectivity index (χ3v) is 4.29. The minimum absolute atomic E-state index is 0. The quantitative estimate of drug-likeness (QED) is 0.814. The Labute approximate surface area is 115 Å². The van der Waals surface area contributed by atoms with Crippen LogP contribution in [0.1, 0.15) is 32.6 Å². The summed E-state index contributed by atoms with van der Waals surface area (Å²) in [7, 11) is 0. The number of halogens is 1. The molecule has 1 saturated heterocycles. The van der Waals surface area contributed by atoms with Crippen LogP contribution in [0.25, 0.3) is 0 Å². The number of rotatable bonds is 4. The number of amides is 1. The van der Waals surface area contributed by atoms with Gasteiger partial charge in [-0.2, -0.15) is 0 Å². The second-order valence-corrected chi connectivity index (χ2v) is 5.86. The summed E-state index contributed by atoms with van der Waals surface area (Å²) in [6, 6.07) is 0. The second kappa shape index (κ2) is 6.73. The number of ether oxygens (including phenoxy) is 1. The van der Waals surface area contributed by atoms with Crippen molar-refractivity contribution in [2.75, 3.05) is 26.3 Å². The van der Waals surface area contributed by atoms with Crippen LogP contribution in [-0.2, 0) is 9.53 Å². The van der Waals surface area contributed by atoms with E-state index in [0.717, 1.165) is 45.4 Å². The molecule has 4 nitrogen and oxygen atoms in total. The monoisotopic (exact) mass is 276 g/mol. The highest BCUT2D eigenvalue weighted by molar-refractivity contribution is 5.85. The zero-order chi connectivity index (χ0) is 12.3. The summed E-state index contributed by atoms with van der Waals surface area (Å²) in [6.07, 6.45) is 4.29. The maximum atomic E-state index is 12.1. The summed E-state index contributed by atoms with van der Waals surface area (Å²) in [6.45, 7) is 5.13. The van der Waals surface area contributed by atoms with Crippen molar-refractivity contribution in [1.82, 2.24) is 5.32 Å². The van der Waals surface area contributed by atoms with Gasteiger partial charge in [0.1, 0.15) is 0 Å². The molecule has 5 heteroatoms. The fourth-order valence-corrected chi connectivity index (χ4v) is 2.94. The Bertz CT molecular complexity index is 280. The van der Waals surface area contributed by atoms with E-state index in [1.807, 2.05) is 0 Å². The molecule has 1 aliphatic heterocycles. The summed E-state index contributed by atoms with van der Waals surface area (Å²) in [5.74, 6) is 0.736. The fourth-order valence-electron chi connectivity index (χ4n) is 2.94. The Morgan fingerprint density at radius 3 is 2.89 bits per heavy atom. The van der Waals surface area contributed by atoms with Crippen molar-refractivity contribution in [2.24, 2.45) is 23.0 Å². The standard InChI is InChI=1S/C13H24N2O2.ClH/c1-13(5-6-17-9-13)8-15-12(16)11-4-2-3-10(11)7-14;/h10-11H,2-9,14H2,1H3,(H,15,16);1H/t10-,11-,13?;/m1./s1. The van der Waals surface area contributed by atoms with E-state index in [0.29, 0.717) is 12.5 Å². The normalized spacial score (nSPS) is 35.2. The van der Waals surface area contributed by atoms with Crippen LogP contribution in [-0.4, -0.2) is 32.2 Å². The molecule has 0 aromatic heterocycles. The van der Waals surface area contributed by atoms with Gasteiger partial charge in [0.2, 0.25) is 5.91 Å². The predicted molar refractivity (Wildman–Crippen MR) is 73.7 cm³/mol. The van der Waals surface area contributed by atoms with Gasteiger partial charge < -0.3 is 15.8 Å². The van der Waals surface area contributed by atoms with Crippen molar-refractivity contribution in [1.29, 1.82) is 0 Å². The van der Waals surface area contributed by atoms with Crippen LogP contribution in [0.15, 0.2) is 0 Å². The van der Waals surface area contributed by atoms with Crippen LogP contribution in [0, 0.1) is 17.3 Å². The van der Waals surface area contributed by atoms with E-state index < -0.39 is 0 Å². The van der Waals surface area contributed by atoms with Gasteiger partial charge in [-0.3, -0.25) is 4.79 Å². The lowest BCUT2D eigenvalue weighted by molar-refractivity contribution is -0.126. The average molecular weight is 277 g/mol. The van der Waals surface area contributed by atoms with Crippen LogP contribution in [0.5, 0.6) is 0 Å². The zero-order valence-electron chi connectivity index (χ0n) is 11.1. The van der Waals surface area contributed by atoms with Crippen LogP contribution in [0.2, 0.25) is 0 Å². The highest BCUT2D eigenvalue weighted by Crippen LogP contribution is 2.32. The van der Waals surface area contributed by atoms with Crippen LogP contribution < -0.4 is 11.1 Å². The molecule has 1 saturated carbocycles. The molecule has 0 radical (unpaired) electrons. The summed E-state index contributed by atoms with van der Waals surface area (Å²) in [4.78, 5) is 12.1. The van der Waals surface area contributed by atoms with Gasteiger partial charge in [0.05, 0.1) is 6.61 Å². The first-order valence-electron chi connectivity index (χ1n) is 6.70. The van der Waals surface area contributed by atoms with E-state index >= 15 is 0 Å². The molecule has 0 aromatic rings. The predicted octanol–water partition coefficient (Wildman–Crippen LogP) is 1.33. The van der Waals surface area contributed by atoms with Crippen molar-refractivity contribution in [3.8, 4) is 0 Å². The van der Waals surface area contributed by atoms with E-state index in [1.54, 1.807) is 0 Å². The zero-order valence-corrected chi connectivity index (χ0v) is 11.9. The van der Waals surface area contributed by atoms with Gasteiger partial charge in [0.25, 0.3) is 0 Å². The van der Waals surface area contributed by atoms with Crippen LogP contribution >= 0.6 is 12.4 Å². The van der Waals surface area contributed by atoms with Crippen molar-refractivity contribution < 1.29 is 9.53 Å². The number of nitrogens with one attached hydrogen (secondary N) is 1. The lowest BCUT2D eigenvalue weighted by Gasteiger charge is -2.24. The molecule has 0 spiro atoms. The molecule has 2 fully saturated rings. The first-order chi connectivity index (χ1) is 8.14. The minimum atomic E-state index is 0.